The molecule has 34 heavy (non-hydrogen) atoms. The molecule has 2 heterocycles. The number of rotatable bonds is 11. The molecule has 14 heteroatoms. The van der Waals surface area contributed by atoms with Crippen molar-refractivity contribution in [2.24, 2.45) is 0 Å². The van der Waals surface area contributed by atoms with Crippen LogP contribution < -0.4 is 0 Å². The van der Waals surface area contributed by atoms with Gasteiger partial charge < -0.3 is 20.0 Å². The molecule has 2 aliphatic heterocycles. The summed E-state index contributed by atoms with van der Waals surface area (Å²) in [5.74, 6) is -1.92. The smallest absolute Gasteiger partial charge is 0.327 e. The summed E-state index contributed by atoms with van der Waals surface area (Å²) in [6.07, 6.45) is 1.20. The van der Waals surface area contributed by atoms with Gasteiger partial charge in [0.15, 0.2) is 10.2 Å². The summed E-state index contributed by atoms with van der Waals surface area (Å²) in [5.41, 5.74) is 0. The van der Waals surface area contributed by atoms with Crippen molar-refractivity contribution in [3.8, 4) is 0 Å². The number of aliphatic carboxylic acids is 2. The first kappa shape index (κ1) is 28.9. The molecule has 4 atom stereocenters. The van der Waals surface area contributed by atoms with Gasteiger partial charge in [0.2, 0.25) is 11.8 Å². The zero-order valence-electron chi connectivity index (χ0n) is 18.8. The molecule has 0 radical (unpaired) electrons. The van der Waals surface area contributed by atoms with Gasteiger partial charge in [-0.25, -0.2) is 9.59 Å². The molecule has 2 rings (SSSR count). The summed E-state index contributed by atoms with van der Waals surface area (Å²) in [5, 5.41) is 17.7. The summed E-state index contributed by atoms with van der Waals surface area (Å²) in [7, 11) is 2.78. The van der Waals surface area contributed by atoms with Gasteiger partial charge in [-0.15, -0.1) is 0 Å². The summed E-state index contributed by atoms with van der Waals surface area (Å²) in [4.78, 5) is 73.6. The fourth-order valence-electron chi connectivity index (χ4n) is 4.01. The van der Waals surface area contributed by atoms with Crippen LogP contribution in [0.25, 0.3) is 0 Å². The number of carbonyl (C=O) groups is 6. The van der Waals surface area contributed by atoms with Gasteiger partial charge in [0.25, 0.3) is 0 Å². The Morgan fingerprint density at radius 2 is 1.06 bits per heavy atom. The van der Waals surface area contributed by atoms with Gasteiger partial charge in [-0.05, 0) is 12.8 Å². The minimum Gasteiger partial charge on any atom is -0.480 e. The molecule has 0 saturated carbocycles. The maximum absolute atomic E-state index is 12.5. The van der Waals surface area contributed by atoms with E-state index in [-0.39, 0.29) is 34.9 Å². The Kier molecular flexibility index (Phi) is 11.6. The van der Waals surface area contributed by atoms with E-state index in [1.807, 2.05) is 0 Å². The maximum atomic E-state index is 12.5. The van der Waals surface area contributed by atoms with Crippen molar-refractivity contribution >= 4 is 79.1 Å². The van der Waals surface area contributed by atoms with E-state index in [9.17, 15) is 39.0 Å². The molecule has 0 aromatic rings. The minimum atomic E-state index is -1.12. The van der Waals surface area contributed by atoms with E-state index < -0.39 is 34.5 Å². The first-order valence-corrected chi connectivity index (χ1v) is 14.9. The molecule has 10 nitrogen and oxygen atoms in total. The van der Waals surface area contributed by atoms with Crippen LogP contribution in [0.1, 0.15) is 39.5 Å². The van der Waals surface area contributed by atoms with Crippen molar-refractivity contribution in [1.29, 1.82) is 0 Å². The van der Waals surface area contributed by atoms with E-state index in [0.717, 1.165) is 23.5 Å². The van der Waals surface area contributed by atoms with E-state index in [1.165, 1.54) is 45.2 Å². The van der Waals surface area contributed by atoms with Crippen molar-refractivity contribution < 1.29 is 39.0 Å². The van der Waals surface area contributed by atoms with Gasteiger partial charge in [0, 0.05) is 61.8 Å². The maximum Gasteiger partial charge on any atom is 0.327 e. The Balaban J connectivity index is 1.72. The van der Waals surface area contributed by atoms with Gasteiger partial charge >= 0.3 is 11.9 Å². The number of likely N-dealkylation sites (tertiary alicyclic amines) is 2. The van der Waals surface area contributed by atoms with Crippen LogP contribution in [0.4, 0.5) is 0 Å². The molecule has 0 unspecified atom stereocenters. The van der Waals surface area contributed by atoms with Crippen molar-refractivity contribution in [2.75, 3.05) is 24.6 Å². The number of nitrogens with zero attached hydrogens (tertiary/aromatic N) is 2. The predicted octanol–water partition coefficient (Wildman–Crippen LogP) is 1.82. The summed E-state index contributed by atoms with van der Waals surface area (Å²) in [6, 6.07) is -2.02. The highest BCUT2D eigenvalue weighted by molar-refractivity contribution is 8.76. The zero-order valence-corrected chi connectivity index (χ0v) is 22.1. The highest BCUT2D eigenvalue weighted by Gasteiger charge is 2.43. The van der Waals surface area contributed by atoms with E-state index in [1.54, 1.807) is 0 Å². The average molecular weight is 553 g/mol. The minimum absolute atomic E-state index is 0.143. The fraction of sp³-hybridized carbons (Fsp3) is 0.700. The molecule has 190 valence electrons. The number of carboxylic acid groups (broad SMARTS) is 2. The second-order valence-electron chi connectivity index (χ2n) is 7.76. The molecule has 0 aromatic carbocycles. The lowest BCUT2D eigenvalue weighted by Crippen LogP contribution is -2.44. The number of carbonyl (C=O) groups excluding carboxylic acids is 4. The molecule has 0 aliphatic carbocycles. The number of thioether (sulfide) groups is 2. The number of carboxylic acids is 2. The standard InChI is InChI=1S/C20H28N2O8S4/c1-11(23)33-13-3-7-21(17(13)19(27)28)15(25)5-9-31-32-10-6-16(26)22-8-4-14(34-12(2)24)18(22)20(29)30/h13-14,17-18H,3-10H2,1-2H3,(H,27,28)(H,29,30)/t13-,14-,17-,18-/m0/s1. The van der Waals surface area contributed by atoms with Gasteiger partial charge in [-0.2, -0.15) is 0 Å². The molecule has 2 amide bonds. The van der Waals surface area contributed by atoms with Crippen LogP contribution >= 0.6 is 45.1 Å². The van der Waals surface area contributed by atoms with Crippen molar-refractivity contribution in [3.63, 3.8) is 0 Å². The first-order valence-electron chi connectivity index (χ1n) is 10.7. The lowest BCUT2D eigenvalue weighted by atomic mass is 10.2. The summed E-state index contributed by atoms with van der Waals surface area (Å²) >= 11 is 1.92. The summed E-state index contributed by atoms with van der Waals surface area (Å²) < 4.78 is 0. The Bertz CT molecular complexity index is 760. The van der Waals surface area contributed by atoms with Crippen molar-refractivity contribution in [1.82, 2.24) is 9.80 Å². The Morgan fingerprint density at radius 3 is 1.35 bits per heavy atom. The molecular formula is C20H28N2O8S4. The molecule has 2 fully saturated rings. The van der Waals surface area contributed by atoms with E-state index in [4.69, 9.17) is 0 Å². The molecule has 0 spiro atoms. The van der Waals surface area contributed by atoms with Crippen LogP contribution in [-0.4, -0.2) is 101 Å². The lowest BCUT2D eigenvalue weighted by molar-refractivity contribution is -0.148. The van der Waals surface area contributed by atoms with Gasteiger partial charge in [0.05, 0.1) is 0 Å². The third-order valence-electron chi connectivity index (χ3n) is 5.35. The lowest BCUT2D eigenvalue weighted by Gasteiger charge is -2.24. The SMILES string of the molecule is CC(=O)S[C@H]1CCN(C(=O)CCSSCCC(=O)N2CC[C@H](SC(C)=O)[C@H]2C(=O)O)[C@@H]1C(=O)O. The highest BCUT2D eigenvalue weighted by Crippen LogP contribution is 2.32. The van der Waals surface area contributed by atoms with Crippen LogP contribution in [0.15, 0.2) is 0 Å². The van der Waals surface area contributed by atoms with E-state index >= 15 is 0 Å². The normalized spacial score (nSPS) is 24.3. The molecule has 0 aromatic heterocycles. The summed E-state index contributed by atoms with van der Waals surface area (Å²) in [6.45, 7) is 3.36. The zero-order chi connectivity index (χ0) is 25.4. The molecule has 2 aliphatic rings. The quantitative estimate of drug-likeness (QED) is 0.284. The molecule has 2 N–H and O–H groups in total. The van der Waals surface area contributed by atoms with Gasteiger partial charge in [-0.3, -0.25) is 19.2 Å². The van der Waals surface area contributed by atoms with Crippen LogP contribution in [0, 0.1) is 0 Å². The average Bonchev–Trinajstić information content (AvgIpc) is 3.33. The third kappa shape index (κ3) is 8.09. The van der Waals surface area contributed by atoms with Crippen LogP contribution in [0.5, 0.6) is 0 Å². The topological polar surface area (TPSA) is 149 Å². The van der Waals surface area contributed by atoms with Crippen LogP contribution in [0.2, 0.25) is 0 Å². The molecular weight excluding hydrogens is 524 g/mol. The Morgan fingerprint density at radius 1 is 0.706 bits per heavy atom. The Hall–Kier alpha value is -1.38. The van der Waals surface area contributed by atoms with Crippen LogP contribution in [0.3, 0.4) is 0 Å². The second kappa shape index (κ2) is 13.6. The molecule has 0 bridgehead atoms. The van der Waals surface area contributed by atoms with Gasteiger partial charge in [-0.1, -0.05) is 45.1 Å². The van der Waals surface area contributed by atoms with E-state index in [0.29, 0.717) is 37.4 Å². The fourth-order valence-corrected chi connectivity index (χ4v) is 8.05. The number of hydrogen-bond donors (Lipinski definition) is 2. The van der Waals surface area contributed by atoms with Crippen LogP contribution in [-0.2, 0) is 28.8 Å². The van der Waals surface area contributed by atoms with Crippen molar-refractivity contribution in [3.05, 3.63) is 0 Å². The highest BCUT2D eigenvalue weighted by atomic mass is 33.1. The molecule has 2 saturated heterocycles. The van der Waals surface area contributed by atoms with Gasteiger partial charge in [0.1, 0.15) is 12.1 Å². The number of amides is 2. The van der Waals surface area contributed by atoms with E-state index in [2.05, 4.69) is 0 Å². The van der Waals surface area contributed by atoms with Crippen molar-refractivity contribution in [2.45, 2.75) is 62.1 Å². The number of hydrogen-bond acceptors (Lipinski definition) is 10. The monoisotopic (exact) mass is 552 g/mol. The third-order valence-corrected chi connectivity index (χ3v) is 10.0. The Labute approximate surface area is 214 Å². The largest absolute Gasteiger partial charge is 0.480 e. The first-order chi connectivity index (χ1) is 16.0. The predicted molar refractivity (Wildman–Crippen MR) is 134 cm³/mol. The second-order valence-corrected chi connectivity index (χ2v) is 13.3.